The molecule has 1 aromatic carbocycles. The molecule has 1 rings (SSSR count). The van der Waals surface area contributed by atoms with Crippen molar-refractivity contribution in [3.05, 3.63) is 30.3 Å². The first-order valence-electron chi connectivity index (χ1n) is 5.02. The first-order chi connectivity index (χ1) is 6.67. The van der Waals surface area contributed by atoms with Crippen molar-refractivity contribution in [1.29, 1.82) is 0 Å². The Balaban J connectivity index is 2.62. The van der Waals surface area contributed by atoms with Crippen molar-refractivity contribution in [2.75, 3.05) is 6.16 Å². The zero-order valence-corrected chi connectivity index (χ0v) is 9.37. The van der Waals surface area contributed by atoms with E-state index >= 15 is 0 Å². The lowest BCUT2D eigenvalue weighted by Crippen LogP contribution is -2.17. The van der Waals surface area contributed by atoms with E-state index in [9.17, 15) is 9.46 Å². The molecule has 0 spiro atoms. The lowest BCUT2D eigenvalue weighted by atomic mass is 10.3. The summed E-state index contributed by atoms with van der Waals surface area (Å²) >= 11 is 0. The van der Waals surface area contributed by atoms with Crippen molar-refractivity contribution in [2.45, 2.75) is 26.2 Å². The summed E-state index contributed by atoms with van der Waals surface area (Å²) in [6.45, 7) is 2.07. The van der Waals surface area contributed by atoms with Gasteiger partial charge in [0.2, 0.25) is 0 Å². The maximum atomic E-state index is 11.7. The standard InChI is InChI=1S/C11H17O2P/c1-2-3-7-10-14(12,13)11-8-5-4-6-9-11/h4-6,8-9H,2-3,7,10H2,1H3,(H,12,13)/p-1. The van der Waals surface area contributed by atoms with Crippen LogP contribution in [0.5, 0.6) is 0 Å². The highest BCUT2D eigenvalue weighted by molar-refractivity contribution is 7.64. The maximum Gasteiger partial charge on any atom is 0.0433 e. The number of benzene rings is 1. The smallest absolute Gasteiger partial charge is 0.0433 e. The van der Waals surface area contributed by atoms with Gasteiger partial charge >= 0.3 is 0 Å². The molecule has 0 aliphatic rings. The highest BCUT2D eigenvalue weighted by Gasteiger charge is 2.09. The minimum Gasteiger partial charge on any atom is -0.796 e. The predicted molar refractivity (Wildman–Crippen MR) is 58.1 cm³/mol. The van der Waals surface area contributed by atoms with Crippen LogP contribution in [0.15, 0.2) is 30.3 Å². The lowest BCUT2D eigenvalue weighted by Gasteiger charge is -2.23. The number of unbranched alkanes of at least 4 members (excludes halogenated alkanes) is 2. The molecule has 14 heavy (non-hydrogen) atoms. The van der Waals surface area contributed by atoms with Crippen molar-refractivity contribution in [2.24, 2.45) is 0 Å². The van der Waals surface area contributed by atoms with Crippen LogP contribution in [0.1, 0.15) is 26.2 Å². The Morgan fingerprint density at radius 3 is 2.43 bits per heavy atom. The molecule has 0 aliphatic carbocycles. The van der Waals surface area contributed by atoms with Crippen molar-refractivity contribution in [1.82, 2.24) is 0 Å². The van der Waals surface area contributed by atoms with Gasteiger partial charge in [-0.3, -0.25) is 0 Å². The van der Waals surface area contributed by atoms with E-state index in [0.717, 1.165) is 19.3 Å². The first-order valence-corrected chi connectivity index (χ1v) is 6.83. The Morgan fingerprint density at radius 1 is 1.21 bits per heavy atom. The molecule has 0 amide bonds. The number of hydrogen-bond acceptors (Lipinski definition) is 2. The van der Waals surface area contributed by atoms with Gasteiger partial charge < -0.3 is 9.46 Å². The minimum absolute atomic E-state index is 0.296. The molecule has 0 saturated carbocycles. The van der Waals surface area contributed by atoms with E-state index in [1.807, 2.05) is 6.07 Å². The molecule has 1 unspecified atom stereocenters. The maximum absolute atomic E-state index is 11.7. The second-order valence-corrected chi connectivity index (χ2v) is 5.75. The Hall–Kier alpha value is -0.590. The molecule has 0 fully saturated rings. The van der Waals surface area contributed by atoms with Gasteiger partial charge in [0.1, 0.15) is 0 Å². The topological polar surface area (TPSA) is 40.1 Å². The van der Waals surface area contributed by atoms with Crippen LogP contribution in [-0.2, 0) is 4.57 Å². The molecule has 78 valence electrons. The zero-order valence-electron chi connectivity index (χ0n) is 8.48. The van der Waals surface area contributed by atoms with Gasteiger partial charge in [0.25, 0.3) is 0 Å². The Kier molecular flexibility index (Phi) is 4.37. The highest BCUT2D eigenvalue weighted by Crippen LogP contribution is 2.35. The van der Waals surface area contributed by atoms with Gasteiger partial charge in [-0.15, -0.1) is 0 Å². The summed E-state index contributed by atoms with van der Waals surface area (Å²) in [4.78, 5) is 11.7. The molecule has 0 aliphatic heterocycles. The molecular formula is C11H16O2P-. The van der Waals surface area contributed by atoms with Crippen molar-refractivity contribution >= 4 is 12.7 Å². The average molecular weight is 211 g/mol. The fraction of sp³-hybridized carbons (Fsp3) is 0.455. The van der Waals surface area contributed by atoms with E-state index in [-0.39, 0.29) is 0 Å². The summed E-state index contributed by atoms with van der Waals surface area (Å²) < 4.78 is 11.7. The highest BCUT2D eigenvalue weighted by atomic mass is 31.2. The molecule has 0 N–H and O–H groups in total. The molecule has 1 aromatic rings. The Labute approximate surface area is 85.4 Å². The second-order valence-electron chi connectivity index (χ2n) is 3.44. The van der Waals surface area contributed by atoms with E-state index in [0.29, 0.717) is 11.5 Å². The molecule has 0 bridgehead atoms. The number of rotatable bonds is 5. The summed E-state index contributed by atoms with van der Waals surface area (Å²) in [6.07, 6.45) is 3.10. The number of hydrogen-bond donors (Lipinski definition) is 0. The van der Waals surface area contributed by atoms with Crippen LogP contribution < -0.4 is 10.2 Å². The van der Waals surface area contributed by atoms with E-state index in [1.165, 1.54) is 0 Å². The van der Waals surface area contributed by atoms with Gasteiger partial charge in [-0.1, -0.05) is 50.1 Å². The van der Waals surface area contributed by atoms with Crippen molar-refractivity contribution < 1.29 is 9.46 Å². The summed E-state index contributed by atoms with van der Waals surface area (Å²) in [6, 6.07) is 8.69. The Bertz CT molecular complexity index is 308. The average Bonchev–Trinajstić information content (AvgIpc) is 2.19. The third-order valence-electron chi connectivity index (χ3n) is 2.21. The van der Waals surface area contributed by atoms with Gasteiger partial charge in [0.05, 0.1) is 0 Å². The molecule has 3 heteroatoms. The Morgan fingerprint density at radius 2 is 1.86 bits per heavy atom. The van der Waals surface area contributed by atoms with Crippen LogP contribution in [0.25, 0.3) is 0 Å². The molecule has 0 radical (unpaired) electrons. The molecule has 0 saturated heterocycles. The lowest BCUT2D eigenvalue weighted by molar-refractivity contribution is -0.171. The molecular weight excluding hydrogens is 195 g/mol. The quantitative estimate of drug-likeness (QED) is 0.553. The fourth-order valence-electron chi connectivity index (χ4n) is 1.35. The monoisotopic (exact) mass is 211 g/mol. The van der Waals surface area contributed by atoms with Crippen LogP contribution >= 0.6 is 7.37 Å². The van der Waals surface area contributed by atoms with Gasteiger partial charge in [-0.25, -0.2) is 0 Å². The summed E-state index contributed by atoms with van der Waals surface area (Å²) in [5.74, 6) is 0. The van der Waals surface area contributed by atoms with Crippen molar-refractivity contribution in [3.8, 4) is 0 Å². The molecule has 0 aromatic heterocycles. The van der Waals surface area contributed by atoms with Crippen molar-refractivity contribution in [3.63, 3.8) is 0 Å². The van der Waals surface area contributed by atoms with Gasteiger partial charge in [-0.2, -0.15) is 0 Å². The second kappa shape index (κ2) is 5.33. The normalized spacial score (nSPS) is 15.0. The van der Waals surface area contributed by atoms with Crippen LogP contribution in [-0.4, -0.2) is 6.16 Å². The van der Waals surface area contributed by atoms with E-state index in [4.69, 9.17) is 0 Å². The molecule has 2 nitrogen and oxygen atoms in total. The SMILES string of the molecule is CCCCCP(=O)([O-])c1ccccc1. The van der Waals surface area contributed by atoms with Gasteiger partial charge in [-0.05, 0) is 17.9 Å². The zero-order chi connectivity index (χ0) is 10.4. The molecule has 1 atom stereocenters. The largest absolute Gasteiger partial charge is 0.796 e. The fourth-order valence-corrected chi connectivity index (χ4v) is 2.88. The summed E-state index contributed by atoms with van der Waals surface area (Å²) in [7, 11) is -3.32. The van der Waals surface area contributed by atoms with Crippen LogP contribution in [0, 0.1) is 0 Å². The third kappa shape index (κ3) is 3.28. The van der Waals surface area contributed by atoms with E-state index < -0.39 is 7.37 Å². The molecule has 0 heterocycles. The third-order valence-corrected chi connectivity index (χ3v) is 4.20. The van der Waals surface area contributed by atoms with Gasteiger partial charge in [0.15, 0.2) is 0 Å². The summed E-state index contributed by atoms with van der Waals surface area (Å²) in [5.41, 5.74) is 0. The van der Waals surface area contributed by atoms with Crippen LogP contribution in [0.3, 0.4) is 0 Å². The van der Waals surface area contributed by atoms with Crippen LogP contribution in [0.4, 0.5) is 0 Å². The predicted octanol–water partition coefficient (Wildman–Crippen LogP) is 2.14. The van der Waals surface area contributed by atoms with E-state index in [1.54, 1.807) is 24.3 Å². The van der Waals surface area contributed by atoms with E-state index in [2.05, 4.69) is 6.92 Å². The summed E-state index contributed by atoms with van der Waals surface area (Å²) in [5, 5.41) is 0.469. The van der Waals surface area contributed by atoms with Gasteiger partial charge in [0, 0.05) is 7.37 Å². The van der Waals surface area contributed by atoms with Crippen LogP contribution in [0.2, 0.25) is 0 Å². The first kappa shape index (κ1) is 11.5. The minimum atomic E-state index is -3.32.